The summed E-state index contributed by atoms with van der Waals surface area (Å²) in [7, 11) is 0. The lowest BCUT2D eigenvalue weighted by Gasteiger charge is -2.29. The highest BCUT2D eigenvalue weighted by atomic mass is 32.1. The van der Waals surface area contributed by atoms with Crippen LogP contribution in [0.25, 0.3) is 0 Å². The van der Waals surface area contributed by atoms with Gasteiger partial charge in [0.25, 0.3) is 5.91 Å². The van der Waals surface area contributed by atoms with Crippen LogP contribution in [0.3, 0.4) is 0 Å². The van der Waals surface area contributed by atoms with Gasteiger partial charge in [0.15, 0.2) is 0 Å². The Bertz CT molecular complexity index is 375. The van der Waals surface area contributed by atoms with Crippen LogP contribution in [0.4, 0.5) is 0 Å². The van der Waals surface area contributed by atoms with Gasteiger partial charge >= 0.3 is 0 Å². The smallest absolute Gasteiger partial charge is 0.261 e. The zero-order valence-electron chi connectivity index (χ0n) is 9.53. The van der Waals surface area contributed by atoms with Crippen molar-refractivity contribution in [3.8, 4) is 0 Å². The Balaban J connectivity index is 1.99. The Labute approximate surface area is 100 Å². The van der Waals surface area contributed by atoms with Crippen LogP contribution in [0.15, 0.2) is 11.4 Å². The van der Waals surface area contributed by atoms with E-state index in [4.69, 9.17) is 5.73 Å². The van der Waals surface area contributed by atoms with Gasteiger partial charge in [-0.3, -0.25) is 4.79 Å². The van der Waals surface area contributed by atoms with Gasteiger partial charge < -0.3 is 11.1 Å². The zero-order chi connectivity index (χ0) is 11.5. The number of hydrogen-bond donors (Lipinski definition) is 2. The van der Waals surface area contributed by atoms with E-state index < -0.39 is 0 Å². The number of carbonyl (C=O) groups excluding carboxylic acids is 1. The van der Waals surface area contributed by atoms with Crippen LogP contribution >= 0.6 is 11.3 Å². The van der Waals surface area contributed by atoms with Crippen molar-refractivity contribution in [3.05, 3.63) is 21.9 Å². The van der Waals surface area contributed by atoms with Crippen molar-refractivity contribution in [2.75, 3.05) is 0 Å². The van der Waals surface area contributed by atoms with Gasteiger partial charge in [0.1, 0.15) is 0 Å². The van der Waals surface area contributed by atoms with Gasteiger partial charge in [-0.25, -0.2) is 0 Å². The molecule has 2 rings (SSSR count). The first-order valence-corrected chi connectivity index (χ1v) is 6.67. The standard InChI is InChI=1S/C12H18N2OS/c1-8-6-7-16-11(8)12(15)14-10-5-3-2-4-9(10)13/h6-7,9-10H,2-5,13H2,1H3,(H,14,15)/t9-,10+/m0/s1. The molecule has 1 aromatic heterocycles. The van der Waals surface area contributed by atoms with E-state index in [0.29, 0.717) is 0 Å². The number of amides is 1. The van der Waals surface area contributed by atoms with Gasteiger partial charge in [-0.05, 0) is 36.8 Å². The maximum Gasteiger partial charge on any atom is 0.261 e. The molecule has 0 saturated heterocycles. The average molecular weight is 238 g/mol. The molecule has 88 valence electrons. The van der Waals surface area contributed by atoms with Crippen molar-refractivity contribution in [2.45, 2.75) is 44.7 Å². The normalized spacial score (nSPS) is 25.4. The van der Waals surface area contributed by atoms with E-state index in [2.05, 4.69) is 5.32 Å². The zero-order valence-corrected chi connectivity index (χ0v) is 10.3. The average Bonchev–Trinajstić information content (AvgIpc) is 2.68. The predicted octanol–water partition coefficient (Wildman–Crippen LogP) is 2.06. The van der Waals surface area contributed by atoms with Crippen LogP contribution in [0.2, 0.25) is 0 Å². The lowest BCUT2D eigenvalue weighted by atomic mass is 9.91. The Kier molecular flexibility index (Phi) is 3.61. The molecule has 1 aliphatic rings. The molecule has 0 bridgehead atoms. The topological polar surface area (TPSA) is 55.1 Å². The quantitative estimate of drug-likeness (QED) is 0.828. The molecular weight excluding hydrogens is 220 g/mol. The molecule has 4 heteroatoms. The molecule has 1 fully saturated rings. The lowest BCUT2D eigenvalue weighted by molar-refractivity contribution is 0.0925. The van der Waals surface area contributed by atoms with E-state index in [-0.39, 0.29) is 18.0 Å². The molecule has 3 nitrogen and oxygen atoms in total. The molecule has 0 aliphatic heterocycles. The predicted molar refractivity (Wildman–Crippen MR) is 66.8 cm³/mol. The van der Waals surface area contributed by atoms with Crippen LogP contribution in [0.1, 0.15) is 40.9 Å². The fraction of sp³-hybridized carbons (Fsp3) is 0.583. The number of hydrogen-bond acceptors (Lipinski definition) is 3. The summed E-state index contributed by atoms with van der Waals surface area (Å²) >= 11 is 1.49. The van der Waals surface area contributed by atoms with Crippen LogP contribution < -0.4 is 11.1 Å². The molecule has 0 spiro atoms. The van der Waals surface area contributed by atoms with Crippen molar-refractivity contribution in [1.29, 1.82) is 0 Å². The Morgan fingerprint density at radius 3 is 2.88 bits per heavy atom. The van der Waals surface area contributed by atoms with E-state index in [1.807, 2.05) is 18.4 Å². The first kappa shape index (κ1) is 11.6. The Morgan fingerprint density at radius 2 is 2.25 bits per heavy atom. The van der Waals surface area contributed by atoms with Crippen molar-refractivity contribution in [3.63, 3.8) is 0 Å². The summed E-state index contributed by atoms with van der Waals surface area (Å²) in [5, 5.41) is 5.01. The fourth-order valence-electron chi connectivity index (χ4n) is 2.18. The molecule has 0 unspecified atom stereocenters. The third-order valence-electron chi connectivity index (χ3n) is 3.20. The number of aryl methyl sites for hydroxylation is 1. The third kappa shape index (κ3) is 2.44. The molecular formula is C12H18N2OS. The summed E-state index contributed by atoms with van der Waals surface area (Å²) in [4.78, 5) is 12.8. The molecule has 3 N–H and O–H groups in total. The molecule has 1 amide bonds. The number of rotatable bonds is 2. The molecule has 0 radical (unpaired) electrons. The second-order valence-electron chi connectivity index (χ2n) is 4.46. The first-order chi connectivity index (χ1) is 7.68. The number of thiophene rings is 1. The van der Waals surface area contributed by atoms with Crippen LogP contribution in [0, 0.1) is 6.92 Å². The summed E-state index contributed by atoms with van der Waals surface area (Å²) in [5.74, 6) is 0.0369. The van der Waals surface area contributed by atoms with Gasteiger partial charge in [-0.2, -0.15) is 0 Å². The molecule has 1 heterocycles. The van der Waals surface area contributed by atoms with E-state index in [0.717, 1.165) is 23.3 Å². The Morgan fingerprint density at radius 1 is 1.50 bits per heavy atom. The SMILES string of the molecule is Cc1ccsc1C(=O)N[C@@H]1CCCC[C@@H]1N. The largest absolute Gasteiger partial charge is 0.347 e. The second kappa shape index (κ2) is 4.97. The summed E-state index contributed by atoms with van der Waals surface area (Å²) in [6.07, 6.45) is 4.39. The van der Waals surface area contributed by atoms with E-state index in [1.165, 1.54) is 24.2 Å². The van der Waals surface area contributed by atoms with Crippen LogP contribution in [-0.4, -0.2) is 18.0 Å². The summed E-state index contributed by atoms with van der Waals surface area (Å²) in [6, 6.07) is 2.25. The highest BCUT2D eigenvalue weighted by molar-refractivity contribution is 7.12. The van der Waals surface area contributed by atoms with E-state index in [1.54, 1.807) is 0 Å². The van der Waals surface area contributed by atoms with Gasteiger partial charge in [0, 0.05) is 12.1 Å². The minimum absolute atomic E-state index is 0.0369. The van der Waals surface area contributed by atoms with Crippen molar-refractivity contribution in [2.24, 2.45) is 5.73 Å². The summed E-state index contributed by atoms with van der Waals surface area (Å²) < 4.78 is 0. The van der Waals surface area contributed by atoms with Gasteiger partial charge in [-0.15, -0.1) is 11.3 Å². The fourth-order valence-corrected chi connectivity index (χ4v) is 3.01. The van der Waals surface area contributed by atoms with Crippen LogP contribution in [-0.2, 0) is 0 Å². The molecule has 1 aromatic rings. The molecule has 1 aliphatic carbocycles. The molecule has 1 saturated carbocycles. The van der Waals surface area contributed by atoms with Gasteiger partial charge in [-0.1, -0.05) is 12.8 Å². The van der Waals surface area contributed by atoms with Crippen molar-refractivity contribution < 1.29 is 4.79 Å². The van der Waals surface area contributed by atoms with E-state index >= 15 is 0 Å². The molecule has 2 atom stereocenters. The Hall–Kier alpha value is -0.870. The number of nitrogens with one attached hydrogen (secondary N) is 1. The summed E-state index contributed by atoms with van der Waals surface area (Å²) in [5.41, 5.74) is 7.06. The van der Waals surface area contributed by atoms with Crippen molar-refractivity contribution >= 4 is 17.2 Å². The van der Waals surface area contributed by atoms with Gasteiger partial charge in [0.2, 0.25) is 0 Å². The maximum absolute atomic E-state index is 12.0. The minimum Gasteiger partial charge on any atom is -0.347 e. The highest BCUT2D eigenvalue weighted by Gasteiger charge is 2.24. The monoisotopic (exact) mass is 238 g/mol. The van der Waals surface area contributed by atoms with Crippen LogP contribution in [0.5, 0.6) is 0 Å². The van der Waals surface area contributed by atoms with E-state index in [9.17, 15) is 4.79 Å². The number of nitrogens with two attached hydrogens (primary N) is 1. The molecule has 0 aromatic carbocycles. The third-order valence-corrected chi connectivity index (χ3v) is 4.22. The minimum atomic E-state index is 0.0369. The van der Waals surface area contributed by atoms with Crippen molar-refractivity contribution in [1.82, 2.24) is 5.32 Å². The number of carbonyl (C=O) groups is 1. The first-order valence-electron chi connectivity index (χ1n) is 5.79. The molecule has 16 heavy (non-hydrogen) atoms. The second-order valence-corrected chi connectivity index (χ2v) is 5.38. The van der Waals surface area contributed by atoms with Gasteiger partial charge in [0.05, 0.1) is 4.88 Å². The maximum atomic E-state index is 12.0. The summed E-state index contributed by atoms with van der Waals surface area (Å²) in [6.45, 7) is 1.96. The lowest BCUT2D eigenvalue weighted by Crippen LogP contribution is -2.49. The highest BCUT2D eigenvalue weighted by Crippen LogP contribution is 2.19.